The monoisotopic (exact) mass is 223 g/mol. The fraction of sp³-hybridized carbons (Fsp3) is 0.500. The fourth-order valence-electron chi connectivity index (χ4n) is 0.505. The summed E-state index contributed by atoms with van der Waals surface area (Å²) in [4.78, 5) is 7.34. The standard InChI is InChI=1S/C8H11BrN2/c1-3-6(2)7-4-11-8(9)5-10-7/h4-6H,3H2,1-2H3/i1D3,2D3,3D2,6D. The van der Waals surface area contributed by atoms with E-state index in [1.54, 1.807) is 0 Å². The number of aromatic nitrogens is 2. The molecule has 60 valence electrons. The molecular weight excluding hydrogens is 204 g/mol. The van der Waals surface area contributed by atoms with Crippen molar-refractivity contribution < 1.29 is 12.3 Å². The second-order valence-electron chi connectivity index (χ2n) is 1.72. The summed E-state index contributed by atoms with van der Waals surface area (Å²) in [5.41, 5.74) is -0.568. The molecule has 2 nitrogen and oxygen atoms in total. The maximum Gasteiger partial charge on any atom is 0.124 e. The largest absolute Gasteiger partial charge is 0.257 e. The molecule has 11 heavy (non-hydrogen) atoms. The highest BCUT2D eigenvalue weighted by Gasteiger charge is 2.03. The minimum absolute atomic E-state index is 0.253. The third-order valence-electron chi connectivity index (χ3n) is 1.00. The van der Waals surface area contributed by atoms with Crippen molar-refractivity contribution in [3.05, 3.63) is 22.7 Å². The van der Waals surface area contributed by atoms with Crippen LogP contribution in [0, 0.1) is 0 Å². The van der Waals surface area contributed by atoms with E-state index in [0.29, 0.717) is 0 Å². The molecule has 0 fully saturated rings. The Hall–Kier alpha value is -0.440. The van der Waals surface area contributed by atoms with Gasteiger partial charge in [0.25, 0.3) is 0 Å². The normalized spacial score (nSPS) is 31.5. The average molecular weight is 224 g/mol. The van der Waals surface area contributed by atoms with Gasteiger partial charge in [-0.3, -0.25) is 4.98 Å². The summed E-state index contributed by atoms with van der Waals surface area (Å²) in [5.74, 6) is -3.07. The first-order chi connectivity index (χ1) is 8.75. The lowest BCUT2D eigenvalue weighted by molar-refractivity contribution is 0.701. The summed E-state index contributed by atoms with van der Waals surface area (Å²) in [7, 11) is 0. The summed E-state index contributed by atoms with van der Waals surface area (Å²) in [5, 5.41) is 0. The molecule has 0 N–H and O–H groups in total. The number of hydrogen-bond donors (Lipinski definition) is 0. The number of nitrogens with zero attached hydrogens (tertiary/aromatic N) is 2. The quantitative estimate of drug-likeness (QED) is 0.771. The second-order valence-corrected chi connectivity index (χ2v) is 2.54. The van der Waals surface area contributed by atoms with Crippen LogP contribution < -0.4 is 0 Å². The molecule has 1 atom stereocenters. The summed E-state index contributed by atoms with van der Waals surface area (Å²) in [6, 6.07) is 0. The van der Waals surface area contributed by atoms with Crippen LogP contribution in [0.15, 0.2) is 17.0 Å². The molecule has 0 amide bonds. The van der Waals surface area contributed by atoms with E-state index in [1.165, 1.54) is 0 Å². The summed E-state index contributed by atoms with van der Waals surface area (Å²) in [6.07, 6.45) is -1.37. The Morgan fingerprint density at radius 3 is 3.27 bits per heavy atom. The predicted molar refractivity (Wildman–Crippen MR) is 48.4 cm³/mol. The molecule has 0 radical (unpaired) electrons. The van der Waals surface area contributed by atoms with E-state index in [-0.39, 0.29) is 4.60 Å². The Bertz CT molecular complexity index is 480. The van der Waals surface area contributed by atoms with Crippen LogP contribution >= 0.6 is 15.9 Å². The van der Waals surface area contributed by atoms with Gasteiger partial charge in [0, 0.05) is 18.5 Å². The van der Waals surface area contributed by atoms with Gasteiger partial charge in [0.1, 0.15) is 4.60 Å². The number of hydrogen-bond acceptors (Lipinski definition) is 2. The zero-order valence-electron chi connectivity index (χ0n) is 14.4. The van der Waals surface area contributed by atoms with E-state index in [4.69, 9.17) is 12.3 Å². The van der Waals surface area contributed by atoms with Gasteiger partial charge < -0.3 is 0 Å². The fourth-order valence-corrected chi connectivity index (χ4v) is 0.710. The first kappa shape index (κ1) is 2.52. The molecule has 0 spiro atoms. The van der Waals surface area contributed by atoms with E-state index in [9.17, 15) is 0 Å². The molecule has 3 heteroatoms. The summed E-state index contributed by atoms with van der Waals surface area (Å²) >= 11 is 2.97. The molecule has 0 saturated carbocycles. The van der Waals surface area contributed by atoms with Crippen LogP contribution in [-0.2, 0) is 0 Å². The lowest BCUT2D eigenvalue weighted by atomic mass is 10.1. The Balaban J connectivity index is 3.58. The van der Waals surface area contributed by atoms with Crippen LogP contribution in [0.2, 0.25) is 0 Å². The molecule has 1 rings (SSSR count). The predicted octanol–water partition coefficient (Wildman–Crippen LogP) is 2.75. The lowest BCUT2D eigenvalue weighted by Crippen LogP contribution is -1.95. The smallest absolute Gasteiger partial charge is 0.124 e. The first-order valence-corrected chi connectivity index (χ1v) is 3.52. The SMILES string of the molecule is [2H]C([2H])([2H])C([2H])([2H])C([2H])(c1cnc(Br)cn1)C([2H])([2H])[2H]. The minimum atomic E-state index is -3.34. The van der Waals surface area contributed by atoms with Crippen LogP contribution in [0.5, 0.6) is 0 Å². The zero-order valence-corrected chi connectivity index (χ0v) is 7.01. The van der Waals surface area contributed by atoms with Crippen molar-refractivity contribution in [3.63, 3.8) is 0 Å². The Labute approximate surface area is 87.8 Å². The molecule has 1 heterocycles. The molecule has 0 aliphatic heterocycles. The van der Waals surface area contributed by atoms with Crippen LogP contribution in [-0.4, -0.2) is 9.97 Å². The Morgan fingerprint density at radius 1 is 1.82 bits per heavy atom. The van der Waals surface area contributed by atoms with Crippen LogP contribution in [0.1, 0.15) is 44.0 Å². The van der Waals surface area contributed by atoms with Crippen molar-refractivity contribution in [1.82, 2.24) is 9.97 Å². The van der Waals surface area contributed by atoms with Gasteiger partial charge >= 0.3 is 0 Å². The van der Waals surface area contributed by atoms with Gasteiger partial charge in [-0.25, -0.2) is 4.98 Å². The van der Waals surface area contributed by atoms with Crippen molar-refractivity contribution in [2.75, 3.05) is 0 Å². The third kappa shape index (κ3) is 2.26. The molecule has 0 saturated heterocycles. The highest BCUT2D eigenvalue weighted by atomic mass is 79.9. The molecule has 0 aliphatic rings. The molecule has 0 bridgehead atoms. The van der Waals surface area contributed by atoms with Gasteiger partial charge in [-0.2, -0.15) is 0 Å². The van der Waals surface area contributed by atoms with Crippen molar-refractivity contribution in [3.8, 4) is 0 Å². The summed E-state index contributed by atoms with van der Waals surface area (Å²) in [6.45, 7) is -6.55. The van der Waals surface area contributed by atoms with Crippen molar-refractivity contribution in [1.29, 1.82) is 0 Å². The third-order valence-corrected chi connectivity index (χ3v) is 1.41. The maximum absolute atomic E-state index is 8.03. The molecule has 0 aliphatic carbocycles. The van der Waals surface area contributed by atoms with E-state index in [0.717, 1.165) is 12.4 Å². The van der Waals surface area contributed by atoms with Crippen molar-refractivity contribution in [2.45, 2.75) is 26.0 Å². The molecule has 0 aromatic carbocycles. The van der Waals surface area contributed by atoms with E-state index in [2.05, 4.69) is 25.9 Å². The molecule has 1 aromatic rings. The zero-order chi connectivity index (χ0) is 16.0. The van der Waals surface area contributed by atoms with Crippen molar-refractivity contribution in [2.24, 2.45) is 0 Å². The number of rotatable bonds is 2. The highest BCUT2D eigenvalue weighted by Crippen LogP contribution is 2.15. The van der Waals surface area contributed by atoms with Gasteiger partial charge in [-0.1, -0.05) is 13.7 Å². The van der Waals surface area contributed by atoms with Crippen LogP contribution in [0.4, 0.5) is 0 Å². The topological polar surface area (TPSA) is 25.8 Å². The Kier molecular flexibility index (Phi) is 0.874. The maximum atomic E-state index is 8.03. The van der Waals surface area contributed by atoms with Gasteiger partial charge in [-0.15, -0.1) is 0 Å². The average Bonchev–Trinajstić information content (AvgIpc) is 2.25. The van der Waals surface area contributed by atoms with E-state index < -0.39 is 31.7 Å². The van der Waals surface area contributed by atoms with Gasteiger partial charge in [0.05, 0.1) is 11.9 Å². The summed E-state index contributed by atoms with van der Waals surface area (Å²) < 4.78 is 67.3. The van der Waals surface area contributed by atoms with Crippen molar-refractivity contribution >= 4 is 15.9 Å². The highest BCUT2D eigenvalue weighted by molar-refractivity contribution is 9.10. The minimum Gasteiger partial charge on any atom is -0.257 e. The van der Waals surface area contributed by atoms with Gasteiger partial charge in [0.2, 0.25) is 0 Å². The molecule has 1 aromatic heterocycles. The second kappa shape index (κ2) is 3.81. The molecule has 1 unspecified atom stereocenters. The van der Waals surface area contributed by atoms with Gasteiger partial charge in [-0.05, 0) is 28.2 Å². The van der Waals surface area contributed by atoms with E-state index >= 15 is 0 Å². The van der Waals surface area contributed by atoms with E-state index in [1.807, 2.05) is 0 Å². The number of halogens is 1. The van der Waals surface area contributed by atoms with Crippen LogP contribution in [0.3, 0.4) is 0 Å². The van der Waals surface area contributed by atoms with Crippen LogP contribution in [0.25, 0.3) is 0 Å². The lowest BCUT2D eigenvalue weighted by Gasteiger charge is -2.05. The Morgan fingerprint density at radius 2 is 2.73 bits per heavy atom. The van der Waals surface area contributed by atoms with Gasteiger partial charge in [0.15, 0.2) is 0 Å². The first-order valence-electron chi connectivity index (χ1n) is 7.23. The molecular formula is C8H11BrN2.